The molecule has 0 bridgehead atoms. The minimum atomic E-state index is 0.436. The molecule has 2 heterocycles. The van der Waals surface area contributed by atoms with Gasteiger partial charge in [0.05, 0.1) is 6.54 Å². The van der Waals surface area contributed by atoms with Crippen LogP contribution < -0.4 is 10.6 Å². The largest absolute Gasteiger partial charge is 0.368 e. The third-order valence-corrected chi connectivity index (χ3v) is 3.97. The molecule has 3 rings (SSSR count). The van der Waals surface area contributed by atoms with Crippen LogP contribution in [0.1, 0.15) is 24.8 Å². The van der Waals surface area contributed by atoms with Crippen molar-refractivity contribution >= 4 is 23.5 Å². The fourth-order valence-corrected chi connectivity index (χ4v) is 2.67. The first-order valence-electron chi connectivity index (χ1n) is 6.93. The van der Waals surface area contributed by atoms with Crippen molar-refractivity contribution in [3.05, 3.63) is 34.9 Å². The number of rotatable bonds is 3. The Morgan fingerprint density at radius 2 is 1.90 bits per heavy atom. The van der Waals surface area contributed by atoms with Crippen molar-refractivity contribution in [2.75, 3.05) is 23.7 Å². The molecule has 5 nitrogen and oxygen atoms in total. The van der Waals surface area contributed by atoms with Gasteiger partial charge in [0.1, 0.15) is 0 Å². The second-order valence-electron chi connectivity index (χ2n) is 5.07. The molecule has 1 fully saturated rings. The summed E-state index contributed by atoms with van der Waals surface area (Å²) in [4.78, 5) is 6.57. The Morgan fingerprint density at radius 3 is 2.65 bits per heavy atom. The van der Waals surface area contributed by atoms with Gasteiger partial charge in [-0.05, 0) is 30.9 Å². The second kappa shape index (κ2) is 5.71. The van der Waals surface area contributed by atoms with E-state index in [0.717, 1.165) is 29.6 Å². The average molecular weight is 292 g/mol. The fraction of sp³-hybridized carbons (Fsp3) is 0.429. The SMILES string of the molecule is Nc1nc(N2CCCCC2)nn1Cc1ccccc1Cl. The molecule has 6 heteroatoms. The van der Waals surface area contributed by atoms with Crippen LogP contribution in [0.15, 0.2) is 24.3 Å². The van der Waals surface area contributed by atoms with Crippen molar-refractivity contribution in [2.45, 2.75) is 25.8 Å². The molecule has 1 aromatic carbocycles. The van der Waals surface area contributed by atoms with Crippen LogP contribution in [-0.4, -0.2) is 27.9 Å². The average Bonchev–Trinajstić information content (AvgIpc) is 2.84. The fourth-order valence-electron chi connectivity index (χ4n) is 2.47. The summed E-state index contributed by atoms with van der Waals surface area (Å²) in [6.07, 6.45) is 3.67. The maximum Gasteiger partial charge on any atom is 0.246 e. The van der Waals surface area contributed by atoms with Crippen LogP contribution in [0.5, 0.6) is 0 Å². The molecular formula is C14H18ClN5. The topological polar surface area (TPSA) is 60.0 Å². The minimum absolute atomic E-state index is 0.436. The molecule has 20 heavy (non-hydrogen) atoms. The van der Waals surface area contributed by atoms with Crippen molar-refractivity contribution in [3.8, 4) is 0 Å². The summed E-state index contributed by atoms with van der Waals surface area (Å²) in [7, 11) is 0. The van der Waals surface area contributed by atoms with E-state index in [9.17, 15) is 0 Å². The van der Waals surface area contributed by atoms with Crippen molar-refractivity contribution < 1.29 is 0 Å². The molecule has 1 aromatic heterocycles. The van der Waals surface area contributed by atoms with E-state index >= 15 is 0 Å². The summed E-state index contributed by atoms with van der Waals surface area (Å²) in [6, 6.07) is 7.72. The number of nitrogens with two attached hydrogens (primary N) is 1. The highest BCUT2D eigenvalue weighted by molar-refractivity contribution is 6.31. The molecule has 0 radical (unpaired) electrons. The van der Waals surface area contributed by atoms with Gasteiger partial charge in [0, 0.05) is 18.1 Å². The van der Waals surface area contributed by atoms with Crippen LogP contribution in [0.2, 0.25) is 5.02 Å². The Balaban J connectivity index is 1.80. The van der Waals surface area contributed by atoms with Crippen LogP contribution >= 0.6 is 11.6 Å². The third kappa shape index (κ3) is 2.72. The van der Waals surface area contributed by atoms with Gasteiger partial charge in [0.25, 0.3) is 0 Å². The van der Waals surface area contributed by atoms with Gasteiger partial charge in [0.15, 0.2) is 0 Å². The summed E-state index contributed by atoms with van der Waals surface area (Å²) < 4.78 is 1.71. The molecule has 106 valence electrons. The van der Waals surface area contributed by atoms with Crippen LogP contribution in [0.25, 0.3) is 0 Å². The third-order valence-electron chi connectivity index (χ3n) is 3.61. The lowest BCUT2D eigenvalue weighted by atomic mass is 10.1. The molecule has 0 saturated carbocycles. The Hall–Kier alpha value is -1.75. The van der Waals surface area contributed by atoms with E-state index in [4.69, 9.17) is 17.3 Å². The monoisotopic (exact) mass is 291 g/mol. The first-order valence-corrected chi connectivity index (χ1v) is 7.30. The molecule has 0 aliphatic carbocycles. The maximum atomic E-state index is 6.17. The van der Waals surface area contributed by atoms with Gasteiger partial charge in [-0.2, -0.15) is 4.98 Å². The van der Waals surface area contributed by atoms with Gasteiger partial charge in [-0.15, -0.1) is 5.10 Å². The lowest BCUT2D eigenvalue weighted by Gasteiger charge is -2.24. The highest BCUT2D eigenvalue weighted by Crippen LogP contribution is 2.20. The maximum absolute atomic E-state index is 6.17. The number of anilines is 2. The number of halogens is 1. The molecule has 2 aromatic rings. The Kier molecular flexibility index (Phi) is 3.78. The quantitative estimate of drug-likeness (QED) is 0.944. The first-order chi connectivity index (χ1) is 9.74. The standard InChI is InChI=1S/C14H18ClN5/c15-12-7-3-2-6-11(12)10-20-13(16)17-14(18-20)19-8-4-1-5-9-19/h2-3,6-7H,1,4-5,8-10H2,(H2,16,17,18). The minimum Gasteiger partial charge on any atom is -0.368 e. The zero-order valence-electron chi connectivity index (χ0n) is 11.3. The number of nitrogens with zero attached hydrogens (tertiary/aromatic N) is 4. The first kappa shape index (κ1) is 13.2. The normalized spacial score (nSPS) is 15.6. The van der Waals surface area contributed by atoms with Crippen LogP contribution in [0.3, 0.4) is 0 Å². The highest BCUT2D eigenvalue weighted by atomic mass is 35.5. The van der Waals surface area contributed by atoms with E-state index in [1.165, 1.54) is 19.3 Å². The zero-order chi connectivity index (χ0) is 13.9. The number of aromatic nitrogens is 3. The Morgan fingerprint density at radius 1 is 1.15 bits per heavy atom. The summed E-state index contributed by atoms with van der Waals surface area (Å²) in [5.74, 6) is 1.17. The second-order valence-corrected chi connectivity index (χ2v) is 5.47. The van der Waals surface area contributed by atoms with Crippen molar-refractivity contribution in [1.82, 2.24) is 14.8 Å². The number of nitrogen functional groups attached to an aromatic ring is 1. The van der Waals surface area contributed by atoms with Gasteiger partial charge >= 0.3 is 0 Å². The molecule has 2 N–H and O–H groups in total. The molecule has 0 unspecified atom stereocenters. The van der Waals surface area contributed by atoms with E-state index in [2.05, 4.69) is 15.0 Å². The van der Waals surface area contributed by atoms with E-state index in [1.54, 1.807) is 4.68 Å². The number of piperidine rings is 1. The van der Waals surface area contributed by atoms with E-state index in [0.29, 0.717) is 12.5 Å². The molecule has 1 aliphatic heterocycles. The summed E-state index contributed by atoms with van der Waals surface area (Å²) >= 11 is 6.17. The Bertz CT molecular complexity index is 589. The van der Waals surface area contributed by atoms with Crippen LogP contribution in [-0.2, 0) is 6.54 Å². The Labute approximate surface area is 123 Å². The van der Waals surface area contributed by atoms with Gasteiger partial charge < -0.3 is 10.6 Å². The van der Waals surface area contributed by atoms with Gasteiger partial charge in [-0.1, -0.05) is 29.8 Å². The summed E-state index contributed by atoms with van der Waals surface area (Å²) in [5.41, 5.74) is 6.96. The molecule has 0 spiro atoms. The molecular weight excluding hydrogens is 274 g/mol. The van der Waals surface area contributed by atoms with Gasteiger partial charge in [0.2, 0.25) is 11.9 Å². The van der Waals surface area contributed by atoms with E-state index in [1.807, 2.05) is 24.3 Å². The van der Waals surface area contributed by atoms with E-state index < -0.39 is 0 Å². The molecule has 1 aliphatic rings. The smallest absolute Gasteiger partial charge is 0.246 e. The van der Waals surface area contributed by atoms with E-state index in [-0.39, 0.29) is 0 Å². The number of hydrogen-bond donors (Lipinski definition) is 1. The zero-order valence-corrected chi connectivity index (χ0v) is 12.1. The number of hydrogen-bond acceptors (Lipinski definition) is 4. The van der Waals surface area contributed by atoms with Crippen LogP contribution in [0.4, 0.5) is 11.9 Å². The summed E-state index contributed by atoms with van der Waals surface area (Å²) in [5, 5.41) is 5.24. The van der Waals surface area contributed by atoms with Gasteiger partial charge in [-0.25, -0.2) is 4.68 Å². The highest BCUT2D eigenvalue weighted by Gasteiger charge is 2.17. The molecule has 1 saturated heterocycles. The van der Waals surface area contributed by atoms with Gasteiger partial charge in [-0.3, -0.25) is 0 Å². The van der Waals surface area contributed by atoms with Crippen LogP contribution in [0, 0.1) is 0 Å². The summed E-state index contributed by atoms with van der Waals surface area (Å²) in [6.45, 7) is 2.57. The predicted molar refractivity (Wildman–Crippen MR) is 81.1 cm³/mol. The predicted octanol–water partition coefficient (Wildman–Crippen LogP) is 2.55. The lowest BCUT2D eigenvalue weighted by molar-refractivity contribution is 0.564. The van der Waals surface area contributed by atoms with Crippen molar-refractivity contribution in [3.63, 3.8) is 0 Å². The van der Waals surface area contributed by atoms with Crippen molar-refractivity contribution in [1.29, 1.82) is 0 Å². The molecule has 0 amide bonds. The number of benzene rings is 1. The van der Waals surface area contributed by atoms with Crippen molar-refractivity contribution in [2.24, 2.45) is 0 Å². The molecule has 0 atom stereocenters. The lowest BCUT2D eigenvalue weighted by Crippen LogP contribution is -2.30.